The average Bonchev–Trinajstić information content (AvgIpc) is 3.65. The molecule has 2 aromatic carbocycles. The highest BCUT2D eigenvalue weighted by molar-refractivity contribution is 8.68. The van der Waals surface area contributed by atoms with Crippen molar-refractivity contribution in [3.8, 4) is 11.5 Å². The van der Waals surface area contributed by atoms with Crippen molar-refractivity contribution in [2.75, 3.05) is 41.7 Å². The molecule has 17 heteroatoms. The minimum absolute atomic E-state index is 0.0570. The number of Topliss-reactive ketones (excluding diaryl/α,β-unsaturated/α-hetero) is 1. The number of hydrogen-bond acceptors (Lipinski definition) is 13. The number of alkyl halides is 3. The summed E-state index contributed by atoms with van der Waals surface area (Å²) in [5, 5.41) is -0.787. The van der Waals surface area contributed by atoms with E-state index in [1.54, 1.807) is 34.1 Å². The summed E-state index contributed by atoms with van der Waals surface area (Å²) >= 11 is 24.7. The van der Waals surface area contributed by atoms with Crippen molar-refractivity contribution in [1.82, 2.24) is 0 Å². The summed E-state index contributed by atoms with van der Waals surface area (Å²) in [7, 11) is 6.05. The van der Waals surface area contributed by atoms with Crippen molar-refractivity contribution >= 4 is 87.4 Å². The molecule has 0 bridgehead atoms. The topological polar surface area (TPSA) is 133 Å². The molecule has 0 aliphatic heterocycles. The zero-order valence-electron chi connectivity index (χ0n) is 37.3. The maximum Gasteiger partial charge on any atom is 0.320 e. The lowest BCUT2D eigenvalue weighted by Gasteiger charge is -2.25. The molecule has 1 fully saturated rings. The van der Waals surface area contributed by atoms with Crippen LogP contribution in [0.25, 0.3) is 0 Å². The summed E-state index contributed by atoms with van der Waals surface area (Å²) in [6.45, 7) is 17.7. The van der Waals surface area contributed by atoms with Gasteiger partial charge in [0, 0.05) is 19.8 Å². The average molecular weight is 978 g/mol. The van der Waals surface area contributed by atoms with E-state index in [4.69, 9.17) is 79.3 Å². The molecule has 11 nitrogen and oxygen atoms in total. The van der Waals surface area contributed by atoms with Gasteiger partial charge in [0.05, 0.1) is 52.1 Å². The smallest absolute Gasteiger partial charge is 0.320 e. The summed E-state index contributed by atoms with van der Waals surface area (Å²) in [6, 6.07) is 15.0. The second kappa shape index (κ2) is 25.6. The van der Waals surface area contributed by atoms with Crippen molar-refractivity contribution in [3.05, 3.63) is 95.1 Å². The molecule has 62 heavy (non-hydrogen) atoms. The van der Waals surface area contributed by atoms with Gasteiger partial charge in [-0.25, -0.2) is 0 Å². The van der Waals surface area contributed by atoms with Crippen molar-refractivity contribution in [1.29, 1.82) is 0 Å². The largest absolute Gasteiger partial charge is 0.497 e. The molecular weight excluding hydrogens is 918 g/mol. The van der Waals surface area contributed by atoms with Crippen LogP contribution in [-0.4, -0.2) is 80.5 Å². The molecule has 344 valence electrons. The van der Waals surface area contributed by atoms with Crippen molar-refractivity contribution in [2.24, 2.45) is 17.3 Å². The van der Waals surface area contributed by atoms with Crippen LogP contribution in [0.3, 0.4) is 0 Å². The van der Waals surface area contributed by atoms with Gasteiger partial charge in [0.2, 0.25) is 9.49 Å². The first-order chi connectivity index (χ1) is 29.1. The third kappa shape index (κ3) is 16.3. The SMILES string of the molecule is C=CCC1=C(C)C(OC(=O)C2C(C=C(C)C)C2(C)C)CC1=O.CCOC(=O)CC(SP(=S)(OC)OC)C(=O)OCC.COc1ccc(C(c2ccc(OC)cc2)C(Cl)(Cl)Cl)cc1. The molecule has 4 atom stereocenters. The number of benzene rings is 2. The molecule has 2 aliphatic carbocycles. The Bertz CT molecular complexity index is 1890. The lowest BCUT2D eigenvalue weighted by atomic mass is 9.92. The van der Waals surface area contributed by atoms with Crippen LogP contribution < -0.4 is 9.47 Å². The number of carbonyl (C=O) groups excluding carboxylic acids is 4. The number of hydrogen-bond donors (Lipinski definition) is 0. The molecule has 0 aromatic heterocycles. The predicted molar refractivity (Wildman–Crippen MR) is 253 cm³/mol. The highest BCUT2D eigenvalue weighted by Crippen LogP contribution is 2.62. The van der Waals surface area contributed by atoms with Gasteiger partial charge in [0.15, 0.2) is 5.78 Å². The predicted octanol–water partition coefficient (Wildman–Crippen LogP) is 11.3. The van der Waals surface area contributed by atoms with E-state index in [0.717, 1.165) is 45.2 Å². The maximum atomic E-state index is 12.5. The van der Waals surface area contributed by atoms with Gasteiger partial charge in [-0.05, 0) is 105 Å². The second-order valence-corrected chi connectivity index (χ2v) is 23.9. The van der Waals surface area contributed by atoms with E-state index in [9.17, 15) is 19.2 Å². The maximum absolute atomic E-state index is 12.5. The summed E-state index contributed by atoms with van der Waals surface area (Å²) in [4.78, 5) is 47.7. The Morgan fingerprint density at radius 1 is 0.919 bits per heavy atom. The first kappa shape index (κ1) is 55.3. The van der Waals surface area contributed by atoms with Gasteiger partial charge in [-0.3, -0.25) is 19.2 Å². The molecule has 0 spiro atoms. The highest BCUT2D eigenvalue weighted by atomic mass is 35.6. The molecule has 1 saturated carbocycles. The van der Waals surface area contributed by atoms with Crippen LogP contribution in [0.15, 0.2) is 84.0 Å². The Morgan fingerprint density at radius 3 is 1.82 bits per heavy atom. The van der Waals surface area contributed by atoms with E-state index in [1.165, 1.54) is 19.8 Å². The van der Waals surface area contributed by atoms with E-state index in [0.29, 0.717) is 6.42 Å². The molecule has 0 N–H and O–H groups in total. The summed E-state index contributed by atoms with van der Waals surface area (Å²) in [6.07, 6.45) is 4.18. The van der Waals surface area contributed by atoms with E-state index >= 15 is 0 Å². The summed E-state index contributed by atoms with van der Waals surface area (Å²) < 4.78 is 34.4. The Labute approximate surface area is 391 Å². The summed E-state index contributed by atoms with van der Waals surface area (Å²) in [5.41, 5.74) is 1.96. The Morgan fingerprint density at radius 2 is 1.42 bits per heavy atom. The molecule has 0 radical (unpaired) electrons. The number of esters is 3. The van der Waals surface area contributed by atoms with Gasteiger partial charge >= 0.3 is 17.9 Å². The van der Waals surface area contributed by atoms with Crippen LogP contribution in [0.1, 0.15) is 84.8 Å². The van der Waals surface area contributed by atoms with Gasteiger partial charge in [0.1, 0.15) is 22.9 Å². The minimum atomic E-state index is -2.65. The minimum Gasteiger partial charge on any atom is -0.497 e. The molecule has 0 saturated heterocycles. The van der Waals surface area contributed by atoms with Crippen molar-refractivity contribution in [3.63, 3.8) is 0 Å². The fraction of sp³-hybridized carbons (Fsp3) is 0.511. The third-order valence-corrected chi connectivity index (χ3v) is 16.6. The highest BCUT2D eigenvalue weighted by Gasteiger charge is 2.61. The number of halogens is 3. The van der Waals surface area contributed by atoms with Gasteiger partial charge in [0.25, 0.3) is 0 Å². The van der Waals surface area contributed by atoms with Gasteiger partial charge in [-0.1, -0.05) is 102 Å². The van der Waals surface area contributed by atoms with E-state index in [2.05, 4.69) is 26.5 Å². The van der Waals surface area contributed by atoms with Gasteiger partial charge in [-0.2, -0.15) is 0 Å². The Hall–Kier alpha value is -2.87. The third-order valence-electron chi connectivity index (χ3n) is 10.1. The van der Waals surface area contributed by atoms with Crippen LogP contribution in [0, 0.1) is 17.3 Å². The molecule has 2 aromatic rings. The van der Waals surface area contributed by atoms with Crippen molar-refractivity contribution < 1.29 is 51.9 Å². The van der Waals surface area contributed by atoms with E-state index < -0.39 is 32.8 Å². The second-order valence-electron chi connectivity index (χ2n) is 15.0. The first-order valence-corrected chi connectivity index (χ1v) is 25.1. The Balaban J connectivity index is 0.000000321. The van der Waals surface area contributed by atoms with Crippen LogP contribution in [0.4, 0.5) is 0 Å². The van der Waals surface area contributed by atoms with Crippen LogP contribution >= 0.6 is 51.9 Å². The normalized spacial score (nSPS) is 18.2. The van der Waals surface area contributed by atoms with Crippen LogP contribution in [0.5, 0.6) is 11.5 Å². The summed E-state index contributed by atoms with van der Waals surface area (Å²) in [5.74, 6) is 0.168. The molecule has 0 heterocycles. The number of carbonyl (C=O) groups is 4. The fourth-order valence-corrected chi connectivity index (χ4v) is 11.3. The molecule has 4 rings (SSSR count). The molecule has 0 amide bonds. The lowest BCUT2D eigenvalue weighted by molar-refractivity contribution is -0.150. The zero-order chi connectivity index (χ0) is 47.0. The van der Waals surface area contributed by atoms with E-state index in [-0.39, 0.29) is 61.0 Å². The number of ketones is 1. The quantitative estimate of drug-likeness (QED) is 0.0462. The standard InChI is InChI=1S/C19H26O3.C16H15Cl3O2.C10H19O6PS2/c1-7-8-13-12(4)16(10-15(13)20)22-18(21)17-14(9-11(2)3)19(17,5)6;1-20-13-7-3-11(4-8-13)15(16(17,18)19)12-5-9-14(21-2)10-6-12;1-5-15-9(11)7-8(10(12)16-6-2)19-17(18,13-3)14-4/h7,9,14,16-17H,1,8,10H2,2-6H3;3-10,15H,1-2H3;8H,5-7H2,1-4H3. The molecule has 2 aliphatic rings. The van der Waals surface area contributed by atoms with E-state index in [1.807, 2.05) is 69.3 Å². The molecule has 4 unspecified atom stereocenters. The van der Waals surface area contributed by atoms with Crippen LogP contribution in [0.2, 0.25) is 0 Å². The molecular formula is C45H60Cl3O11PS2. The lowest BCUT2D eigenvalue weighted by Crippen LogP contribution is -2.24. The first-order valence-electron chi connectivity index (χ1n) is 19.8. The number of methoxy groups -OCH3 is 2. The zero-order valence-corrected chi connectivity index (χ0v) is 42.1. The van der Waals surface area contributed by atoms with Gasteiger partial charge < -0.3 is 32.7 Å². The number of rotatable bonds is 18. The van der Waals surface area contributed by atoms with Gasteiger partial charge in [-0.15, -0.1) is 6.58 Å². The Kier molecular flexibility index (Phi) is 22.8. The number of ether oxygens (including phenoxy) is 5. The van der Waals surface area contributed by atoms with Crippen LogP contribution in [-0.2, 0) is 54.2 Å². The fourth-order valence-electron chi connectivity index (χ4n) is 6.67. The number of allylic oxidation sites excluding steroid dienone is 4. The monoisotopic (exact) mass is 976 g/mol. The van der Waals surface area contributed by atoms with Crippen molar-refractivity contribution in [2.45, 2.75) is 88.8 Å².